The Bertz CT molecular complexity index is 1490. The topological polar surface area (TPSA) is 154 Å². The Morgan fingerprint density at radius 3 is 2.22 bits per heavy atom. The van der Waals surface area contributed by atoms with Gasteiger partial charge in [0.1, 0.15) is 30.0 Å². The van der Waals surface area contributed by atoms with Crippen LogP contribution in [0.1, 0.15) is 12.0 Å². The van der Waals surface area contributed by atoms with Crippen molar-refractivity contribution in [3.8, 4) is 22.6 Å². The van der Waals surface area contributed by atoms with Gasteiger partial charge in [-0.25, -0.2) is 14.0 Å². The highest BCUT2D eigenvalue weighted by Crippen LogP contribution is 2.34. The average Bonchev–Trinajstić information content (AvgIpc) is 3.65. The van der Waals surface area contributed by atoms with E-state index in [1.165, 1.54) is 12.1 Å². The number of anilines is 1. The number of hydrogen-bond donors (Lipinski definition) is 4. The molecule has 250 valence electrons. The molecule has 5 rings (SSSR count). The van der Waals surface area contributed by atoms with Crippen molar-refractivity contribution < 1.29 is 64.8 Å². The summed E-state index contributed by atoms with van der Waals surface area (Å²) in [5.41, 5.74) is 3.21. The van der Waals surface area contributed by atoms with Gasteiger partial charge in [0.15, 0.2) is 0 Å². The van der Waals surface area contributed by atoms with E-state index in [1.54, 1.807) is 12.3 Å². The molecule has 3 aromatic rings. The lowest BCUT2D eigenvalue weighted by molar-refractivity contribution is -0.193. The van der Waals surface area contributed by atoms with E-state index in [0.29, 0.717) is 29.2 Å². The van der Waals surface area contributed by atoms with Gasteiger partial charge in [-0.15, -0.1) is 0 Å². The van der Waals surface area contributed by atoms with E-state index in [-0.39, 0.29) is 24.4 Å². The van der Waals surface area contributed by atoms with Crippen LogP contribution in [-0.4, -0.2) is 88.4 Å². The van der Waals surface area contributed by atoms with Crippen LogP contribution in [0.2, 0.25) is 0 Å². The van der Waals surface area contributed by atoms with Crippen LogP contribution in [0.4, 0.5) is 36.4 Å². The van der Waals surface area contributed by atoms with Crippen LogP contribution < -0.4 is 14.8 Å². The van der Waals surface area contributed by atoms with Crippen LogP contribution in [0.15, 0.2) is 48.8 Å². The van der Waals surface area contributed by atoms with E-state index in [1.807, 2.05) is 24.4 Å². The van der Waals surface area contributed by atoms with Gasteiger partial charge in [0.05, 0.1) is 17.8 Å². The summed E-state index contributed by atoms with van der Waals surface area (Å²) in [5.74, 6) is -5.18. The van der Waals surface area contributed by atoms with E-state index < -0.39 is 30.2 Å². The molecule has 2 aliphatic heterocycles. The number of rotatable bonds is 5. The molecule has 1 aromatic heterocycles. The van der Waals surface area contributed by atoms with Crippen molar-refractivity contribution in [3.05, 3.63) is 60.2 Å². The first-order valence-electron chi connectivity index (χ1n) is 13.2. The van der Waals surface area contributed by atoms with Gasteiger partial charge >= 0.3 is 24.3 Å². The number of likely N-dealkylation sites (tertiary alicyclic amines) is 1. The smallest absolute Gasteiger partial charge is 0.490 e. The normalized spacial score (nSPS) is 17.7. The molecule has 4 N–H and O–H groups in total. The molecule has 0 radical (unpaired) electrons. The Balaban J connectivity index is 0.000000345. The average molecular weight is 665 g/mol. The number of hydrogen-bond acceptors (Lipinski definition) is 7. The van der Waals surface area contributed by atoms with Crippen LogP contribution in [0, 0.1) is 11.7 Å². The highest BCUT2D eigenvalue weighted by atomic mass is 19.4. The van der Waals surface area contributed by atoms with E-state index in [9.17, 15) is 35.5 Å². The van der Waals surface area contributed by atoms with Crippen molar-refractivity contribution in [2.24, 2.45) is 5.92 Å². The minimum Gasteiger partial charge on any atom is -0.492 e. The van der Waals surface area contributed by atoms with Crippen LogP contribution >= 0.6 is 0 Å². The molecule has 0 aliphatic carbocycles. The molecule has 18 heteroatoms. The first-order chi connectivity index (χ1) is 21.4. The zero-order chi connectivity index (χ0) is 34.2. The van der Waals surface area contributed by atoms with Gasteiger partial charge in [-0.3, -0.25) is 9.89 Å². The minimum absolute atomic E-state index is 0.0584. The third-order valence-electron chi connectivity index (χ3n) is 6.50. The molecule has 1 saturated heterocycles. The number of halogens is 7. The number of aromatic nitrogens is 2. The quantitative estimate of drug-likeness (QED) is 0.283. The number of carbonyl (C=O) groups is 3. The number of benzene rings is 2. The van der Waals surface area contributed by atoms with Crippen LogP contribution in [0.3, 0.4) is 0 Å². The van der Waals surface area contributed by atoms with Gasteiger partial charge < -0.3 is 29.9 Å². The molecule has 2 aromatic carbocycles. The second kappa shape index (κ2) is 14.9. The zero-order valence-corrected chi connectivity index (χ0v) is 23.8. The zero-order valence-electron chi connectivity index (χ0n) is 23.8. The molecule has 46 heavy (non-hydrogen) atoms. The first kappa shape index (κ1) is 35.6. The molecule has 1 fully saturated rings. The highest BCUT2D eigenvalue weighted by molar-refractivity contribution is 5.95. The van der Waals surface area contributed by atoms with Crippen molar-refractivity contribution >= 4 is 23.5 Å². The number of carbonyl (C=O) groups excluding carboxylic acids is 1. The van der Waals surface area contributed by atoms with Gasteiger partial charge in [0, 0.05) is 24.8 Å². The van der Waals surface area contributed by atoms with E-state index in [0.717, 1.165) is 30.6 Å². The number of likely N-dealkylation sites (N-methyl/N-ethyl adjacent to an activating group) is 1. The highest BCUT2D eigenvalue weighted by Gasteiger charge is 2.39. The monoisotopic (exact) mass is 664 g/mol. The third-order valence-corrected chi connectivity index (χ3v) is 6.50. The molecule has 2 atom stereocenters. The first-order valence-corrected chi connectivity index (χ1v) is 13.2. The Kier molecular flexibility index (Phi) is 11.6. The summed E-state index contributed by atoms with van der Waals surface area (Å²) in [5, 5.41) is 24.1. The number of fused-ring (bicyclic) bond motifs is 1. The predicted octanol–water partition coefficient (Wildman–Crippen LogP) is 4.76. The SMILES string of the molecule is CN1CCC(Oc2cc(-c3cn[nH]c3)ccc2NC(=O)C2COc3ccc(F)cc3C2)C1.O=C(O)C(F)(F)F.O=C(O)C(F)(F)F. The standard InChI is InChI=1S/C24H25FN4O3.2C2HF3O2/c1-29-7-6-20(13-29)32-23-10-15(18-11-26-27-12-18)2-4-21(23)28-24(30)17-8-16-9-19(25)3-5-22(16)31-14-17;2*3-2(4,5)1(6)7/h2-5,9-12,17,20H,6-8,13-14H2,1H3,(H,26,27)(H,28,30);2*(H,6,7). The van der Waals surface area contributed by atoms with Gasteiger partial charge in [0.25, 0.3) is 0 Å². The summed E-state index contributed by atoms with van der Waals surface area (Å²) >= 11 is 0. The summed E-state index contributed by atoms with van der Waals surface area (Å²) < 4.78 is 89.1. The van der Waals surface area contributed by atoms with Crippen LogP contribution in [0.25, 0.3) is 11.1 Å². The summed E-state index contributed by atoms with van der Waals surface area (Å²) in [4.78, 5) is 33.1. The van der Waals surface area contributed by atoms with Gasteiger partial charge in [-0.2, -0.15) is 31.4 Å². The second-order valence-electron chi connectivity index (χ2n) is 10.0. The number of nitrogens with zero attached hydrogens (tertiary/aromatic N) is 2. The number of aliphatic carboxylic acids is 2. The van der Waals surface area contributed by atoms with Gasteiger partial charge in [-0.05, 0) is 61.3 Å². The van der Waals surface area contributed by atoms with Crippen molar-refractivity contribution in [3.63, 3.8) is 0 Å². The van der Waals surface area contributed by atoms with Gasteiger partial charge in [-0.1, -0.05) is 6.07 Å². The fourth-order valence-corrected chi connectivity index (χ4v) is 4.25. The summed E-state index contributed by atoms with van der Waals surface area (Å²) in [6.07, 6.45) is -5.19. The summed E-state index contributed by atoms with van der Waals surface area (Å²) in [6.45, 7) is 2.06. The van der Waals surface area contributed by atoms with Crippen LogP contribution in [0.5, 0.6) is 11.5 Å². The molecule has 2 aliphatic rings. The Labute approximate surface area is 255 Å². The summed E-state index contributed by atoms with van der Waals surface area (Å²) in [6, 6.07) is 10.1. The van der Waals surface area contributed by atoms with Crippen molar-refractivity contribution in [2.75, 3.05) is 32.1 Å². The summed E-state index contributed by atoms with van der Waals surface area (Å²) in [7, 11) is 2.07. The Morgan fingerprint density at radius 2 is 1.67 bits per heavy atom. The maximum absolute atomic E-state index is 13.6. The number of alkyl halides is 6. The predicted molar refractivity (Wildman–Crippen MR) is 146 cm³/mol. The fourth-order valence-electron chi connectivity index (χ4n) is 4.25. The third kappa shape index (κ3) is 10.4. The second-order valence-corrected chi connectivity index (χ2v) is 10.0. The van der Waals surface area contributed by atoms with E-state index in [4.69, 9.17) is 29.3 Å². The lowest BCUT2D eigenvalue weighted by atomic mass is 9.95. The molecule has 0 saturated carbocycles. The van der Waals surface area contributed by atoms with Crippen molar-refractivity contribution in [1.82, 2.24) is 15.1 Å². The Morgan fingerprint density at radius 1 is 1.02 bits per heavy atom. The van der Waals surface area contributed by atoms with Crippen molar-refractivity contribution in [1.29, 1.82) is 0 Å². The number of carboxylic acids is 2. The maximum atomic E-state index is 13.6. The molecule has 0 bridgehead atoms. The van der Waals surface area contributed by atoms with Crippen molar-refractivity contribution in [2.45, 2.75) is 31.3 Å². The van der Waals surface area contributed by atoms with E-state index in [2.05, 4.69) is 27.5 Å². The number of nitrogens with one attached hydrogen (secondary N) is 2. The van der Waals surface area contributed by atoms with E-state index >= 15 is 0 Å². The van der Waals surface area contributed by atoms with Crippen LogP contribution in [-0.2, 0) is 20.8 Å². The molecular weight excluding hydrogens is 637 g/mol. The molecular formula is C28H27F7N4O7. The number of H-pyrrole nitrogens is 1. The fraction of sp³-hybridized carbons (Fsp3) is 0.357. The molecule has 2 unspecified atom stereocenters. The number of aromatic amines is 1. The van der Waals surface area contributed by atoms with Gasteiger partial charge in [0.2, 0.25) is 5.91 Å². The lowest BCUT2D eigenvalue weighted by Gasteiger charge is -2.25. The molecule has 11 nitrogen and oxygen atoms in total. The lowest BCUT2D eigenvalue weighted by Crippen LogP contribution is -2.33. The molecule has 3 heterocycles. The molecule has 1 amide bonds. The number of carboxylic acid groups (broad SMARTS) is 2. The maximum Gasteiger partial charge on any atom is 0.490 e. The number of amides is 1. The Hall–Kier alpha value is -4.87. The minimum atomic E-state index is -5.08. The largest absolute Gasteiger partial charge is 0.492 e. The molecule has 0 spiro atoms. The number of ether oxygens (including phenoxy) is 2.